The topological polar surface area (TPSA) is 81.7 Å². The number of hydrogen-bond donors (Lipinski definition) is 2. The van der Waals surface area contributed by atoms with E-state index in [9.17, 15) is 4.39 Å². The molecule has 1 saturated heterocycles. The van der Waals surface area contributed by atoms with E-state index in [1.165, 1.54) is 12.1 Å². The molecule has 3 aromatic rings. The second kappa shape index (κ2) is 9.46. The van der Waals surface area contributed by atoms with Gasteiger partial charge in [-0.05, 0) is 48.5 Å². The molecular formula is C22H26FN7O. The Kier molecular flexibility index (Phi) is 6.30. The van der Waals surface area contributed by atoms with Gasteiger partial charge in [-0.15, -0.1) is 0 Å². The Morgan fingerprint density at radius 3 is 2.45 bits per heavy atom. The van der Waals surface area contributed by atoms with Gasteiger partial charge >= 0.3 is 0 Å². The van der Waals surface area contributed by atoms with Crippen LogP contribution < -0.4 is 15.0 Å². The van der Waals surface area contributed by atoms with Gasteiger partial charge in [0.05, 0.1) is 13.7 Å². The monoisotopic (exact) mass is 423 g/mol. The average Bonchev–Trinajstić information content (AvgIpc) is 3.29. The van der Waals surface area contributed by atoms with Gasteiger partial charge in [-0.25, -0.2) is 9.37 Å². The highest BCUT2D eigenvalue weighted by Crippen LogP contribution is 2.19. The first-order valence-electron chi connectivity index (χ1n) is 10.2. The number of halogens is 1. The molecule has 2 heterocycles. The zero-order valence-corrected chi connectivity index (χ0v) is 17.7. The van der Waals surface area contributed by atoms with E-state index >= 15 is 0 Å². The van der Waals surface area contributed by atoms with Crippen LogP contribution in [0.5, 0.6) is 5.75 Å². The fourth-order valence-corrected chi connectivity index (χ4v) is 3.57. The number of aromatic amines is 1. The summed E-state index contributed by atoms with van der Waals surface area (Å²) >= 11 is 0. The van der Waals surface area contributed by atoms with E-state index in [0.29, 0.717) is 12.4 Å². The van der Waals surface area contributed by atoms with Crippen molar-refractivity contribution in [2.45, 2.75) is 6.54 Å². The number of benzene rings is 2. The van der Waals surface area contributed by atoms with Crippen molar-refractivity contribution in [3.8, 4) is 17.1 Å². The Bertz CT molecular complexity index is 1010. The minimum atomic E-state index is -0.213. The number of nitrogens with one attached hydrogen (secondary N) is 2. The SMILES string of the molecule is CN=C(NCc1nc(-c2ccc(OC)cc2)n[nH]1)N1CCN(c2ccc(F)cc2)CC1. The highest BCUT2D eigenvalue weighted by Gasteiger charge is 2.20. The van der Waals surface area contributed by atoms with E-state index in [1.54, 1.807) is 14.2 Å². The Labute approximate surface area is 180 Å². The standard InChI is InChI=1S/C22H26FN7O/c1-24-22(30-13-11-29(12-14-30)18-7-5-17(23)6-8-18)25-15-20-26-21(28-27-20)16-3-9-19(31-2)10-4-16/h3-10H,11-15H2,1-2H3,(H,24,25)(H,26,27,28). The Morgan fingerprint density at radius 2 is 1.81 bits per heavy atom. The lowest BCUT2D eigenvalue weighted by atomic mass is 10.2. The summed E-state index contributed by atoms with van der Waals surface area (Å²) in [6.07, 6.45) is 0. The highest BCUT2D eigenvalue weighted by atomic mass is 19.1. The first kappa shape index (κ1) is 20.6. The number of rotatable bonds is 5. The zero-order chi connectivity index (χ0) is 21.6. The van der Waals surface area contributed by atoms with Gasteiger partial charge in [-0.1, -0.05) is 0 Å². The summed E-state index contributed by atoms with van der Waals surface area (Å²) < 4.78 is 18.3. The second-order valence-corrected chi connectivity index (χ2v) is 7.19. The van der Waals surface area contributed by atoms with Crippen LogP contribution in [-0.4, -0.2) is 66.4 Å². The van der Waals surface area contributed by atoms with Crippen molar-refractivity contribution in [2.24, 2.45) is 4.99 Å². The van der Waals surface area contributed by atoms with Crippen LogP contribution >= 0.6 is 0 Å². The quantitative estimate of drug-likeness (QED) is 0.485. The van der Waals surface area contributed by atoms with Crippen LogP contribution in [0.1, 0.15) is 5.82 Å². The largest absolute Gasteiger partial charge is 0.497 e. The zero-order valence-electron chi connectivity index (χ0n) is 17.7. The average molecular weight is 423 g/mol. The van der Waals surface area contributed by atoms with Crippen LogP contribution in [0.25, 0.3) is 11.4 Å². The minimum absolute atomic E-state index is 0.213. The summed E-state index contributed by atoms with van der Waals surface area (Å²) in [7, 11) is 3.42. The molecule has 0 unspecified atom stereocenters. The lowest BCUT2D eigenvalue weighted by Gasteiger charge is -2.37. The predicted molar refractivity (Wildman–Crippen MR) is 119 cm³/mol. The number of ether oxygens (including phenoxy) is 1. The van der Waals surface area contributed by atoms with E-state index in [1.807, 2.05) is 36.4 Å². The third kappa shape index (κ3) is 4.93. The van der Waals surface area contributed by atoms with Crippen LogP contribution in [0.4, 0.5) is 10.1 Å². The van der Waals surface area contributed by atoms with Gasteiger partial charge in [0.15, 0.2) is 11.8 Å². The Morgan fingerprint density at radius 1 is 1.10 bits per heavy atom. The maximum Gasteiger partial charge on any atom is 0.194 e. The van der Waals surface area contributed by atoms with E-state index in [4.69, 9.17) is 4.74 Å². The van der Waals surface area contributed by atoms with Crippen LogP contribution in [0, 0.1) is 5.82 Å². The smallest absolute Gasteiger partial charge is 0.194 e. The van der Waals surface area contributed by atoms with Crippen molar-refractivity contribution < 1.29 is 9.13 Å². The summed E-state index contributed by atoms with van der Waals surface area (Å²) in [5.74, 6) is 2.78. The molecule has 1 aliphatic rings. The van der Waals surface area contributed by atoms with Crippen molar-refractivity contribution >= 4 is 11.6 Å². The number of hydrogen-bond acceptors (Lipinski definition) is 5. The molecule has 0 saturated carbocycles. The Hall–Kier alpha value is -3.62. The second-order valence-electron chi connectivity index (χ2n) is 7.19. The van der Waals surface area contributed by atoms with Gasteiger partial charge in [0.2, 0.25) is 0 Å². The van der Waals surface area contributed by atoms with Crippen molar-refractivity contribution in [2.75, 3.05) is 45.2 Å². The first-order valence-corrected chi connectivity index (χ1v) is 10.2. The third-order valence-electron chi connectivity index (χ3n) is 5.28. The molecular weight excluding hydrogens is 397 g/mol. The lowest BCUT2D eigenvalue weighted by Crippen LogP contribution is -2.52. The molecule has 9 heteroatoms. The number of guanidine groups is 1. The van der Waals surface area contributed by atoms with Gasteiger partial charge in [0.25, 0.3) is 0 Å². The molecule has 8 nitrogen and oxygen atoms in total. The summed E-state index contributed by atoms with van der Waals surface area (Å²) in [6, 6.07) is 14.3. The number of aromatic nitrogens is 3. The maximum atomic E-state index is 13.2. The van der Waals surface area contributed by atoms with Crippen LogP contribution in [0.2, 0.25) is 0 Å². The highest BCUT2D eigenvalue weighted by molar-refractivity contribution is 5.80. The number of piperazine rings is 1. The van der Waals surface area contributed by atoms with E-state index < -0.39 is 0 Å². The molecule has 0 atom stereocenters. The number of aliphatic imine (C=N–C) groups is 1. The van der Waals surface area contributed by atoms with E-state index in [0.717, 1.165) is 55.0 Å². The normalized spacial score (nSPS) is 14.6. The summed E-state index contributed by atoms with van der Waals surface area (Å²) in [6.45, 7) is 3.83. The lowest BCUT2D eigenvalue weighted by molar-refractivity contribution is 0.372. The molecule has 4 rings (SSSR count). The maximum absolute atomic E-state index is 13.2. The van der Waals surface area contributed by atoms with Gasteiger partial charge in [0.1, 0.15) is 17.4 Å². The van der Waals surface area contributed by atoms with Crippen molar-refractivity contribution in [3.63, 3.8) is 0 Å². The predicted octanol–water partition coefficient (Wildman–Crippen LogP) is 2.52. The van der Waals surface area contributed by atoms with Gasteiger partial charge in [0, 0.05) is 44.5 Å². The molecule has 2 aromatic carbocycles. The number of nitrogens with zero attached hydrogens (tertiary/aromatic N) is 5. The molecule has 0 amide bonds. The number of H-pyrrole nitrogens is 1. The number of anilines is 1. The fraction of sp³-hybridized carbons (Fsp3) is 0.318. The van der Waals surface area contributed by atoms with E-state index in [2.05, 4.69) is 35.3 Å². The molecule has 0 bridgehead atoms. The van der Waals surface area contributed by atoms with Crippen LogP contribution in [0.3, 0.4) is 0 Å². The third-order valence-corrected chi connectivity index (χ3v) is 5.28. The molecule has 0 radical (unpaired) electrons. The van der Waals surface area contributed by atoms with Crippen molar-refractivity contribution in [1.29, 1.82) is 0 Å². The molecule has 1 fully saturated rings. The van der Waals surface area contributed by atoms with Gasteiger partial charge < -0.3 is 19.9 Å². The van der Waals surface area contributed by atoms with Gasteiger partial charge in [-0.2, -0.15) is 5.10 Å². The molecule has 1 aliphatic heterocycles. The molecule has 1 aromatic heterocycles. The van der Waals surface area contributed by atoms with Crippen molar-refractivity contribution in [3.05, 3.63) is 60.2 Å². The van der Waals surface area contributed by atoms with Gasteiger partial charge in [-0.3, -0.25) is 10.1 Å². The molecule has 31 heavy (non-hydrogen) atoms. The first-order chi connectivity index (χ1) is 15.2. The molecule has 0 aliphatic carbocycles. The van der Waals surface area contributed by atoms with E-state index in [-0.39, 0.29) is 5.82 Å². The van der Waals surface area contributed by atoms with Crippen molar-refractivity contribution in [1.82, 2.24) is 25.4 Å². The molecule has 0 spiro atoms. The Balaban J connectivity index is 1.31. The van der Waals surface area contributed by atoms with Crippen LogP contribution in [0.15, 0.2) is 53.5 Å². The molecule has 2 N–H and O–H groups in total. The fourth-order valence-electron chi connectivity index (χ4n) is 3.57. The summed E-state index contributed by atoms with van der Waals surface area (Å²) in [5, 5.41) is 10.6. The number of methoxy groups -OCH3 is 1. The summed E-state index contributed by atoms with van der Waals surface area (Å²) in [5.41, 5.74) is 1.96. The molecule has 162 valence electrons. The van der Waals surface area contributed by atoms with Crippen LogP contribution in [-0.2, 0) is 6.54 Å². The summed E-state index contributed by atoms with van der Waals surface area (Å²) in [4.78, 5) is 13.4. The minimum Gasteiger partial charge on any atom is -0.497 e.